The summed E-state index contributed by atoms with van der Waals surface area (Å²) in [6.45, 7) is 2.80. The summed E-state index contributed by atoms with van der Waals surface area (Å²) in [6, 6.07) is 3.51. The molecular weight excluding hydrogens is 314 g/mol. The number of aryl methyl sites for hydroxylation is 1. The van der Waals surface area contributed by atoms with Gasteiger partial charge in [-0.05, 0) is 19.1 Å². The van der Waals surface area contributed by atoms with Crippen LogP contribution in [-0.4, -0.2) is 29.3 Å². The predicted octanol–water partition coefficient (Wildman–Crippen LogP) is 3.63. The van der Waals surface area contributed by atoms with Crippen LogP contribution in [0.5, 0.6) is 11.5 Å². The topological polar surface area (TPSA) is 68.7 Å². The van der Waals surface area contributed by atoms with E-state index in [2.05, 4.69) is 4.98 Å². The molecular formula is C14H12ClNO4S. The van der Waals surface area contributed by atoms with E-state index < -0.39 is 5.97 Å². The van der Waals surface area contributed by atoms with Gasteiger partial charge in [-0.15, -0.1) is 11.3 Å². The second kappa shape index (κ2) is 5.54. The maximum absolute atomic E-state index is 11.1. The Kier molecular flexibility index (Phi) is 3.73. The van der Waals surface area contributed by atoms with Gasteiger partial charge in [0.25, 0.3) is 0 Å². The minimum absolute atomic E-state index is 0.230. The first-order valence-electron chi connectivity index (χ1n) is 6.36. The van der Waals surface area contributed by atoms with E-state index in [0.29, 0.717) is 40.4 Å². The van der Waals surface area contributed by atoms with Gasteiger partial charge in [-0.3, -0.25) is 0 Å². The van der Waals surface area contributed by atoms with Crippen molar-refractivity contribution in [2.75, 3.05) is 13.2 Å². The van der Waals surface area contributed by atoms with Crippen LogP contribution in [0.2, 0.25) is 5.02 Å². The van der Waals surface area contributed by atoms with Crippen LogP contribution >= 0.6 is 22.9 Å². The second-order valence-corrected chi connectivity index (χ2v) is 5.98. The second-order valence-electron chi connectivity index (χ2n) is 4.57. The van der Waals surface area contributed by atoms with Crippen LogP contribution in [0.1, 0.15) is 21.8 Å². The highest BCUT2D eigenvalue weighted by Crippen LogP contribution is 2.41. The van der Waals surface area contributed by atoms with Crippen LogP contribution < -0.4 is 9.47 Å². The Bertz CT molecular complexity index is 713. The molecule has 0 radical (unpaired) electrons. The van der Waals surface area contributed by atoms with Crippen molar-refractivity contribution >= 4 is 28.9 Å². The molecule has 1 aliphatic rings. The van der Waals surface area contributed by atoms with E-state index in [1.54, 1.807) is 19.1 Å². The molecule has 5 nitrogen and oxygen atoms in total. The molecule has 0 unspecified atom stereocenters. The zero-order valence-electron chi connectivity index (χ0n) is 11.2. The Morgan fingerprint density at radius 2 is 2.14 bits per heavy atom. The van der Waals surface area contributed by atoms with Crippen molar-refractivity contribution in [3.63, 3.8) is 0 Å². The highest BCUT2D eigenvalue weighted by molar-refractivity contribution is 7.17. The Labute approximate surface area is 130 Å². The Morgan fingerprint density at radius 1 is 1.38 bits per heavy atom. The van der Waals surface area contributed by atoms with Gasteiger partial charge in [-0.2, -0.15) is 0 Å². The number of aromatic nitrogens is 1. The molecule has 2 heterocycles. The first-order valence-corrected chi connectivity index (χ1v) is 7.56. The maximum Gasteiger partial charge on any atom is 0.347 e. The van der Waals surface area contributed by atoms with Crippen molar-refractivity contribution < 1.29 is 19.4 Å². The standard InChI is InChI=1S/C14H12ClNO4S/c1-7-12(14(17)18)21-13(16-7)8-5-9(15)11-10(6-8)19-3-2-4-20-11/h5-6H,2-4H2,1H3,(H,17,18). The van der Waals surface area contributed by atoms with Crippen molar-refractivity contribution in [2.45, 2.75) is 13.3 Å². The molecule has 1 N–H and O–H groups in total. The van der Waals surface area contributed by atoms with Gasteiger partial charge in [0.2, 0.25) is 0 Å². The molecule has 1 aromatic heterocycles. The van der Waals surface area contributed by atoms with E-state index in [-0.39, 0.29) is 4.88 Å². The van der Waals surface area contributed by atoms with Gasteiger partial charge in [0.05, 0.1) is 23.9 Å². The molecule has 0 saturated heterocycles. The number of aromatic carboxylic acids is 1. The summed E-state index contributed by atoms with van der Waals surface area (Å²) < 4.78 is 11.2. The van der Waals surface area contributed by atoms with Gasteiger partial charge >= 0.3 is 5.97 Å². The van der Waals surface area contributed by atoms with Crippen LogP contribution in [0.25, 0.3) is 10.6 Å². The number of thiazole rings is 1. The van der Waals surface area contributed by atoms with Crippen LogP contribution in [0.3, 0.4) is 0 Å². The number of carboxylic acid groups (broad SMARTS) is 1. The number of halogens is 1. The summed E-state index contributed by atoms with van der Waals surface area (Å²) in [7, 11) is 0. The van der Waals surface area contributed by atoms with Crippen LogP contribution in [0.15, 0.2) is 12.1 Å². The third kappa shape index (κ3) is 2.69. The third-order valence-corrected chi connectivity index (χ3v) is 4.52. The Balaban J connectivity index is 2.07. The molecule has 7 heteroatoms. The van der Waals surface area contributed by atoms with Crippen LogP contribution in [0, 0.1) is 6.92 Å². The molecule has 0 bridgehead atoms. The monoisotopic (exact) mass is 325 g/mol. The average Bonchev–Trinajstić information content (AvgIpc) is 2.68. The first-order chi connectivity index (χ1) is 10.1. The summed E-state index contributed by atoms with van der Waals surface area (Å²) in [5.41, 5.74) is 1.22. The van der Waals surface area contributed by atoms with Crippen molar-refractivity contribution in [1.29, 1.82) is 0 Å². The zero-order valence-corrected chi connectivity index (χ0v) is 12.8. The normalized spacial score (nSPS) is 13.8. The first kappa shape index (κ1) is 14.2. The highest BCUT2D eigenvalue weighted by atomic mass is 35.5. The Morgan fingerprint density at radius 3 is 2.86 bits per heavy atom. The number of benzene rings is 1. The van der Waals surface area contributed by atoms with E-state index in [4.69, 9.17) is 26.2 Å². The SMILES string of the molecule is Cc1nc(-c2cc(Cl)c3c(c2)OCCCO3)sc1C(=O)O. The van der Waals surface area contributed by atoms with Crippen LogP contribution in [0.4, 0.5) is 0 Å². The number of carboxylic acids is 1. The minimum atomic E-state index is -0.975. The number of carbonyl (C=O) groups is 1. The molecule has 1 aliphatic heterocycles. The lowest BCUT2D eigenvalue weighted by molar-refractivity contribution is 0.0701. The molecule has 0 aliphatic carbocycles. The molecule has 0 amide bonds. The molecule has 2 aromatic rings. The minimum Gasteiger partial charge on any atom is -0.489 e. The largest absolute Gasteiger partial charge is 0.489 e. The van der Waals surface area contributed by atoms with Crippen molar-refractivity contribution in [3.05, 3.63) is 27.7 Å². The summed E-state index contributed by atoms with van der Waals surface area (Å²) in [4.78, 5) is 15.6. The predicted molar refractivity (Wildman–Crippen MR) is 79.9 cm³/mol. The fourth-order valence-corrected chi connectivity index (χ4v) is 3.23. The molecule has 0 fully saturated rings. The van der Waals surface area contributed by atoms with Crippen LogP contribution in [-0.2, 0) is 0 Å². The third-order valence-electron chi connectivity index (χ3n) is 3.04. The summed E-state index contributed by atoms with van der Waals surface area (Å²) in [5, 5.41) is 10.1. The number of ether oxygens (including phenoxy) is 2. The van der Waals surface area contributed by atoms with Crippen molar-refractivity contribution in [3.8, 4) is 22.1 Å². The van der Waals surface area contributed by atoms with Gasteiger partial charge < -0.3 is 14.6 Å². The van der Waals surface area contributed by atoms with E-state index in [1.165, 1.54) is 0 Å². The van der Waals surface area contributed by atoms with Gasteiger partial charge in [-0.1, -0.05) is 11.6 Å². The number of rotatable bonds is 2. The van der Waals surface area contributed by atoms with E-state index in [1.807, 2.05) is 0 Å². The molecule has 21 heavy (non-hydrogen) atoms. The number of nitrogens with zero attached hydrogens (tertiary/aromatic N) is 1. The zero-order chi connectivity index (χ0) is 15.0. The average molecular weight is 326 g/mol. The van der Waals surface area contributed by atoms with E-state index >= 15 is 0 Å². The fourth-order valence-electron chi connectivity index (χ4n) is 2.07. The van der Waals surface area contributed by atoms with Gasteiger partial charge in [0.1, 0.15) is 9.88 Å². The lowest BCUT2D eigenvalue weighted by Gasteiger charge is -2.10. The number of hydrogen-bond donors (Lipinski definition) is 1. The fraction of sp³-hybridized carbons (Fsp3) is 0.286. The van der Waals surface area contributed by atoms with E-state index in [0.717, 1.165) is 23.3 Å². The summed E-state index contributed by atoms with van der Waals surface area (Å²) >= 11 is 7.35. The van der Waals surface area contributed by atoms with Crippen molar-refractivity contribution in [2.24, 2.45) is 0 Å². The quantitative estimate of drug-likeness (QED) is 0.913. The van der Waals surface area contributed by atoms with Gasteiger partial charge in [0.15, 0.2) is 11.5 Å². The van der Waals surface area contributed by atoms with E-state index in [9.17, 15) is 4.79 Å². The lowest BCUT2D eigenvalue weighted by atomic mass is 10.2. The molecule has 1 aromatic carbocycles. The molecule has 0 atom stereocenters. The Hall–Kier alpha value is -1.79. The molecule has 3 rings (SSSR count). The lowest BCUT2D eigenvalue weighted by Crippen LogP contribution is -1.97. The highest BCUT2D eigenvalue weighted by Gasteiger charge is 2.20. The smallest absolute Gasteiger partial charge is 0.347 e. The molecule has 0 saturated carbocycles. The summed E-state index contributed by atoms with van der Waals surface area (Å²) in [5.74, 6) is 0.126. The number of fused-ring (bicyclic) bond motifs is 1. The summed E-state index contributed by atoms with van der Waals surface area (Å²) in [6.07, 6.45) is 0.792. The molecule has 110 valence electrons. The number of hydrogen-bond acceptors (Lipinski definition) is 5. The van der Waals surface area contributed by atoms with Crippen molar-refractivity contribution in [1.82, 2.24) is 4.98 Å². The van der Waals surface area contributed by atoms with Gasteiger partial charge in [0, 0.05) is 12.0 Å². The molecule has 0 spiro atoms. The van der Waals surface area contributed by atoms with Gasteiger partial charge in [-0.25, -0.2) is 9.78 Å². The maximum atomic E-state index is 11.1.